The lowest BCUT2D eigenvalue weighted by Crippen LogP contribution is -2.63. The predicted molar refractivity (Wildman–Crippen MR) is 87.0 cm³/mol. The summed E-state index contributed by atoms with van der Waals surface area (Å²) in [5.74, 6) is -2.69. The van der Waals surface area contributed by atoms with Gasteiger partial charge >= 0.3 is 23.9 Å². The van der Waals surface area contributed by atoms with Gasteiger partial charge in [-0.1, -0.05) is 0 Å². The first-order valence-electron chi connectivity index (χ1n) is 8.27. The molecule has 0 bridgehead atoms. The standard InChI is InChI=1S/C16H25NO10/c1-8(18)23-7-12-13(24-9(2)19)14(25-10(3)20)15(26-11(4)21)16(27-12)22-6-5-17/h12-16H,5-7,17H2,1-4H3/t12?,13-,14?,15-,16?/m1/s1. The van der Waals surface area contributed by atoms with E-state index in [9.17, 15) is 19.2 Å². The molecule has 0 radical (unpaired) electrons. The molecule has 0 aromatic rings. The van der Waals surface area contributed by atoms with Gasteiger partial charge in [-0.25, -0.2) is 0 Å². The van der Waals surface area contributed by atoms with E-state index in [1.165, 1.54) is 6.92 Å². The monoisotopic (exact) mass is 391 g/mol. The van der Waals surface area contributed by atoms with Crippen LogP contribution in [0, 0.1) is 0 Å². The zero-order valence-corrected chi connectivity index (χ0v) is 15.7. The van der Waals surface area contributed by atoms with Crippen LogP contribution in [0.25, 0.3) is 0 Å². The van der Waals surface area contributed by atoms with Crippen molar-refractivity contribution in [3.63, 3.8) is 0 Å². The third-order valence-corrected chi connectivity index (χ3v) is 3.35. The molecule has 1 aliphatic rings. The highest BCUT2D eigenvalue weighted by atomic mass is 16.7. The van der Waals surface area contributed by atoms with Gasteiger partial charge in [-0.2, -0.15) is 0 Å². The average molecular weight is 391 g/mol. The van der Waals surface area contributed by atoms with Gasteiger partial charge in [-0.05, 0) is 0 Å². The Bertz CT molecular complexity index is 551. The summed E-state index contributed by atoms with van der Waals surface area (Å²) in [5, 5.41) is 0. The summed E-state index contributed by atoms with van der Waals surface area (Å²) in [6.07, 6.45) is -5.89. The van der Waals surface area contributed by atoms with E-state index in [1.54, 1.807) is 0 Å². The van der Waals surface area contributed by atoms with Gasteiger partial charge < -0.3 is 34.2 Å². The zero-order chi connectivity index (χ0) is 20.6. The fraction of sp³-hybridized carbons (Fsp3) is 0.750. The summed E-state index contributed by atoms with van der Waals surface area (Å²) in [5.41, 5.74) is 5.42. The Kier molecular flexibility index (Phi) is 9.12. The number of carbonyl (C=O) groups is 4. The maximum atomic E-state index is 11.6. The minimum atomic E-state index is -1.24. The van der Waals surface area contributed by atoms with Gasteiger partial charge in [0.25, 0.3) is 0 Å². The van der Waals surface area contributed by atoms with Gasteiger partial charge in [0.1, 0.15) is 12.7 Å². The molecule has 0 spiro atoms. The second-order valence-corrected chi connectivity index (χ2v) is 5.73. The first-order chi connectivity index (χ1) is 12.6. The molecule has 2 N–H and O–H groups in total. The Balaban J connectivity index is 3.22. The highest BCUT2D eigenvalue weighted by molar-refractivity contribution is 5.68. The van der Waals surface area contributed by atoms with Crippen LogP contribution in [-0.4, -0.2) is 74.3 Å². The number of hydrogen-bond donors (Lipinski definition) is 1. The molecule has 1 heterocycles. The SMILES string of the molecule is CC(=O)OCC1OC(OCCN)[C@H](OC(C)=O)C(OC(C)=O)[C@@H]1OC(C)=O. The van der Waals surface area contributed by atoms with Crippen LogP contribution in [0.1, 0.15) is 27.7 Å². The van der Waals surface area contributed by atoms with Crippen molar-refractivity contribution in [1.82, 2.24) is 0 Å². The van der Waals surface area contributed by atoms with Gasteiger partial charge in [0.2, 0.25) is 0 Å². The molecule has 11 nitrogen and oxygen atoms in total. The van der Waals surface area contributed by atoms with Crippen LogP contribution in [0.3, 0.4) is 0 Å². The van der Waals surface area contributed by atoms with E-state index in [4.69, 9.17) is 34.2 Å². The van der Waals surface area contributed by atoms with Crippen molar-refractivity contribution in [2.45, 2.75) is 58.4 Å². The smallest absolute Gasteiger partial charge is 0.303 e. The second kappa shape index (κ2) is 10.8. The van der Waals surface area contributed by atoms with Crippen molar-refractivity contribution < 1.29 is 47.6 Å². The van der Waals surface area contributed by atoms with Crippen molar-refractivity contribution in [2.75, 3.05) is 19.8 Å². The number of nitrogens with two attached hydrogens (primary N) is 1. The quantitative estimate of drug-likeness (QED) is 0.403. The molecule has 5 atom stereocenters. The highest BCUT2D eigenvalue weighted by Gasteiger charge is 2.52. The largest absolute Gasteiger partial charge is 0.463 e. The fourth-order valence-corrected chi connectivity index (χ4v) is 2.51. The van der Waals surface area contributed by atoms with Crippen LogP contribution in [0.15, 0.2) is 0 Å². The third-order valence-electron chi connectivity index (χ3n) is 3.35. The molecule has 154 valence electrons. The average Bonchev–Trinajstić information content (AvgIpc) is 2.54. The summed E-state index contributed by atoms with van der Waals surface area (Å²) in [7, 11) is 0. The first-order valence-corrected chi connectivity index (χ1v) is 8.27. The van der Waals surface area contributed by atoms with Crippen molar-refractivity contribution >= 4 is 23.9 Å². The molecule has 27 heavy (non-hydrogen) atoms. The van der Waals surface area contributed by atoms with Crippen molar-refractivity contribution in [3.8, 4) is 0 Å². The van der Waals surface area contributed by atoms with E-state index in [0.717, 1.165) is 20.8 Å². The van der Waals surface area contributed by atoms with Crippen LogP contribution in [-0.2, 0) is 47.6 Å². The summed E-state index contributed by atoms with van der Waals surface area (Å²) < 4.78 is 31.7. The van der Waals surface area contributed by atoms with Gasteiger partial charge in [0.15, 0.2) is 24.6 Å². The van der Waals surface area contributed by atoms with Gasteiger partial charge in [0.05, 0.1) is 6.61 Å². The maximum Gasteiger partial charge on any atom is 0.303 e. The molecule has 0 aromatic carbocycles. The topological polar surface area (TPSA) is 150 Å². The molecule has 0 aliphatic carbocycles. The van der Waals surface area contributed by atoms with E-state index in [0.29, 0.717) is 0 Å². The number of ether oxygens (including phenoxy) is 6. The minimum Gasteiger partial charge on any atom is -0.463 e. The highest BCUT2D eigenvalue weighted by Crippen LogP contribution is 2.29. The molecule has 0 saturated carbocycles. The summed E-state index contributed by atoms with van der Waals surface area (Å²) in [6.45, 7) is 4.52. The van der Waals surface area contributed by atoms with Crippen LogP contribution in [0.4, 0.5) is 0 Å². The molecule has 1 saturated heterocycles. The Morgan fingerprint density at radius 1 is 0.815 bits per heavy atom. The van der Waals surface area contributed by atoms with Crippen LogP contribution in [0.2, 0.25) is 0 Å². The lowest BCUT2D eigenvalue weighted by Gasteiger charge is -2.44. The Morgan fingerprint density at radius 3 is 1.81 bits per heavy atom. The maximum absolute atomic E-state index is 11.6. The fourth-order valence-electron chi connectivity index (χ4n) is 2.51. The Hall–Kier alpha value is -2.24. The number of hydrogen-bond acceptors (Lipinski definition) is 11. The van der Waals surface area contributed by atoms with Gasteiger partial charge in [0, 0.05) is 34.2 Å². The van der Waals surface area contributed by atoms with E-state index < -0.39 is 54.6 Å². The van der Waals surface area contributed by atoms with Gasteiger partial charge in [-0.3, -0.25) is 19.2 Å². The number of esters is 4. The molecule has 0 aromatic heterocycles. The van der Waals surface area contributed by atoms with E-state index in [2.05, 4.69) is 0 Å². The lowest BCUT2D eigenvalue weighted by molar-refractivity contribution is -0.307. The van der Waals surface area contributed by atoms with Gasteiger partial charge in [-0.15, -0.1) is 0 Å². The number of rotatable bonds is 8. The van der Waals surface area contributed by atoms with E-state index >= 15 is 0 Å². The molecule has 1 aliphatic heterocycles. The number of carbonyl (C=O) groups excluding carboxylic acids is 4. The normalized spacial score (nSPS) is 27.4. The van der Waals surface area contributed by atoms with Crippen LogP contribution < -0.4 is 5.73 Å². The molecular weight excluding hydrogens is 366 g/mol. The molecule has 0 amide bonds. The summed E-state index contributed by atoms with van der Waals surface area (Å²) in [4.78, 5) is 45.8. The third kappa shape index (κ3) is 7.49. The molecule has 11 heteroatoms. The molecule has 1 rings (SSSR count). The summed E-state index contributed by atoms with van der Waals surface area (Å²) >= 11 is 0. The second-order valence-electron chi connectivity index (χ2n) is 5.73. The predicted octanol–water partition coefficient (Wildman–Crippen LogP) is -0.955. The Morgan fingerprint density at radius 2 is 1.33 bits per heavy atom. The lowest BCUT2D eigenvalue weighted by atomic mass is 9.98. The minimum absolute atomic E-state index is 0.0493. The first kappa shape index (κ1) is 22.8. The van der Waals surface area contributed by atoms with Crippen LogP contribution in [0.5, 0.6) is 0 Å². The summed E-state index contributed by atoms with van der Waals surface area (Å²) in [6, 6.07) is 0. The van der Waals surface area contributed by atoms with E-state index in [1.807, 2.05) is 0 Å². The molecule has 1 fully saturated rings. The van der Waals surface area contributed by atoms with E-state index in [-0.39, 0.29) is 19.8 Å². The molecule has 3 unspecified atom stereocenters. The molecular formula is C16H25NO10. The zero-order valence-electron chi connectivity index (χ0n) is 15.7. The van der Waals surface area contributed by atoms with Crippen LogP contribution >= 0.6 is 0 Å². The van der Waals surface area contributed by atoms with Crippen molar-refractivity contribution in [3.05, 3.63) is 0 Å². The van der Waals surface area contributed by atoms with Crippen molar-refractivity contribution in [2.24, 2.45) is 5.73 Å². The Labute approximate surface area is 156 Å². The van der Waals surface area contributed by atoms with Crippen molar-refractivity contribution in [1.29, 1.82) is 0 Å².